The van der Waals surface area contributed by atoms with Gasteiger partial charge in [-0.15, -0.1) is 0 Å². The maximum absolute atomic E-state index is 13.0. The van der Waals surface area contributed by atoms with Crippen LogP contribution in [0.4, 0.5) is 0 Å². The minimum Gasteiger partial charge on any atom is -0.378 e. The number of rotatable bonds is 3. The first-order valence-electron chi connectivity index (χ1n) is 8.40. The van der Waals surface area contributed by atoms with Gasteiger partial charge < -0.3 is 19.3 Å². The van der Waals surface area contributed by atoms with Gasteiger partial charge in [0.05, 0.1) is 26.4 Å². The summed E-state index contributed by atoms with van der Waals surface area (Å²) in [5, 5.41) is 0. The molecular weight excluding hydrogens is 396 g/mol. The number of morpholine rings is 2. The lowest BCUT2D eigenvalue weighted by Gasteiger charge is -2.33. The Balaban J connectivity index is 2.02. The zero-order valence-corrected chi connectivity index (χ0v) is 18.3. The highest BCUT2D eigenvalue weighted by Gasteiger charge is 2.34. The van der Waals surface area contributed by atoms with E-state index in [1.54, 1.807) is 0 Å². The summed E-state index contributed by atoms with van der Waals surface area (Å²) in [5.41, 5.74) is -0.439. The van der Waals surface area contributed by atoms with E-state index in [-0.39, 0.29) is 10.4 Å². The quantitative estimate of drug-likeness (QED) is 0.504. The van der Waals surface area contributed by atoms with E-state index in [1.807, 2.05) is 20.8 Å². The van der Waals surface area contributed by atoms with Crippen LogP contribution in [0.15, 0.2) is 0 Å². The predicted octanol–water partition coefficient (Wildman–Crippen LogP) is 2.63. The molecule has 0 unspecified atom stereocenters. The van der Waals surface area contributed by atoms with E-state index < -0.39 is 5.41 Å². The number of hydrogen-bond donors (Lipinski definition) is 0. The topological polar surface area (TPSA) is 42.0 Å². The highest BCUT2D eigenvalue weighted by molar-refractivity contribution is 8.37. The molecule has 2 fully saturated rings. The Morgan fingerprint density at radius 3 is 1.56 bits per heavy atom. The molecule has 0 aromatic carbocycles. The molecule has 0 aromatic heterocycles. The third-order valence-corrected chi connectivity index (χ3v) is 7.35. The van der Waals surface area contributed by atoms with E-state index in [2.05, 4.69) is 9.80 Å². The van der Waals surface area contributed by atoms with E-state index >= 15 is 0 Å². The third-order valence-electron chi connectivity index (χ3n) is 3.91. The molecule has 5 nitrogen and oxygen atoms in total. The van der Waals surface area contributed by atoms with Crippen LogP contribution in [-0.2, 0) is 14.3 Å². The lowest BCUT2D eigenvalue weighted by atomic mass is 9.92. The second-order valence-electron chi connectivity index (χ2n) is 6.91. The molecule has 0 amide bonds. The van der Waals surface area contributed by atoms with Gasteiger partial charge in [-0.05, 0) is 0 Å². The molecule has 2 aliphatic heterocycles. The molecule has 0 spiro atoms. The molecule has 0 atom stereocenters. The van der Waals surface area contributed by atoms with Gasteiger partial charge in [-0.1, -0.05) is 68.7 Å². The van der Waals surface area contributed by atoms with E-state index in [0.717, 1.165) is 34.8 Å². The van der Waals surface area contributed by atoms with Gasteiger partial charge >= 0.3 is 0 Å². The molecule has 0 radical (unpaired) electrons. The van der Waals surface area contributed by atoms with Crippen molar-refractivity contribution < 1.29 is 14.3 Å². The van der Waals surface area contributed by atoms with Gasteiger partial charge in [-0.2, -0.15) is 0 Å². The van der Waals surface area contributed by atoms with Crippen molar-refractivity contribution in [3.8, 4) is 0 Å². The Morgan fingerprint density at radius 1 is 0.880 bits per heavy atom. The van der Waals surface area contributed by atoms with Crippen LogP contribution in [-0.4, -0.2) is 81.4 Å². The molecule has 25 heavy (non-hydrogen) atoms. The van der Waals surface area contributed by atoms with Gasteiger partial charge in [0.2, 0.25) is 0 Å². The van der Waals surface area contributed by atoms with Gasteiger partial charge in [-0.25, -0.2) is 0 Å². The molecule has 0 bridgehead atoms. The van der Waals surface area contributed by atoms with E-state index in [0.29, 0.717) is 26.4 Å². The van der Waals surface area contributed by atoms with Crippen molar-refractivity contribution in [2.45, 2.75) is 25.4 Å². The number of nitrogens with zero attached hydrogens (tertiary/aromatic N) is 2. The molecule has 2 aliphatic rings. The minimum absolute atomic E-state index is 0.161. The average molecular weight is 423 g/mol. The SMILES string of the molecule is CC(C)(C)C(=O)C(SC(=S)N1CCOCC1)SC(=S)N1CCOCC1. The summed E-state index contributed by atoms with van der Waals surface area (Å²) in [6, 6.07) is 0. The van der Waals surface area contributed by atoms with Crippen LogP contribution in [0.1, 0.15) is 20.8 Å². The second kappa shape index (κ2) is 9.85. The number of ketones is 1. The highest BCUT2D eigenvalue weighted by Crippen LogP contribution is 2.35. The van der Waals surface area contributed by atoms with Gasteiger partial charge in [-0.3, -0.25) is 4.79 Å². The van der Waals surface area contributed by atoms with Gasteiger partial charge in [0.25, 0.3) is 0 Å². The Hall–Kier alpha value is 0.0700. The Labute approximate surface area is 169 Å². The Kier molecular flexibility index (Phi) is 8.42. The maximum Gasteiger partial charge on any atom is 0.161 e. The van der Waals surface area contributed by atoms with Gasteiger partial charge in [0.1, 0.15) is 13.2 Å². The van der Waals surface area contributed by atoms with Crippen molar-refractivity contribution >= 4 is 62.4 Å². The fraction of sp³-hybridized carbons (Fsp3) is 0.812. The zero-order chi connectivity index (χ0) is 18.4. The van der Waals surface area contributed by atoms with Gasteiger partial charge in [0, 0.05) is 31.6 Å². The number of thiocarbonyl (C=S) groups is 2. The fourth-order valence-corrected chi connectivity index (χ4v) is 6.31. The number of carbonyl (C=O) groups excluding carboxylic acids is 1. The number of carbonyl (C=O) groups is 1. The smallest absolute Gasteiger partial charge is 0.161 e. The fourth-order valence-electron chi connectivity index (χ4n) is 2.31. The molecule has 0 N–H and O–H groups in total. The first-order chi connectivity index (χ1) is 11.8. The lowest BCUT2D eigenvalue weighted by Crippen LogP contribution is -2.42. The number of thioether (sulfide) groups is 2. The molecule has 0 aromatic rings. The summed E-state index contributed by atoms with van der Waals surface area (Å²) in [6.45, 7) is 11.7. The normalized spacial score (nSPS) is 19.2. The van der Waals surface area contributed by atoms with Crippen molar-refractivity contribution in [3.63, 3.8) is 0 Å². The van der Waals surface area contributed by atoms with Crippen molar-refractivity contribution in [1.82, 2.24) is 9.80 Å². The molecule has 0 aliphatic carbocycles. The summed E-state index contributed by atoms with van der Waals surface area (Å²) in [6.07, 6.45) is 0. The van der Waals surface area contributed by atoms with Crippen LogP contribution in [0.25, 0.3) is 0 Å². The summed E-state index contributed by atoms with van der Waals surface area (Å²) in [4.78, 5) is 17.2. The van der Waals surface area contributed by atoms with E-state index in [4.69, 9.17) is 33.9 Å². The van der Waals surface area contributed by atoms with Gasteiger partial charge in [0.15, 0.2) is 5.78 Å². The zero-order valence-electron chi connectivity index (χ0n) is 15.0. The molecule has 2 heterocycles. The standard InChI is InChI=1S/C16H26N2O3S4/c1-16(2,3)12(19)13(24-14(22)17-4-8-20-9-5-17)25-15(23)18-6-10-21-11-7-18/h13H,4-11H2,1-3H3. The molecule has 2 saturated heterocycles. The summed E-state index contributed by atoms with van der Waals surface area (Å²) in [5.74, 6) is 0.161. The Morgan fingerprint density at radius 2 is 1.24 bits per heavy atom. The average Bonchev–Trinajstić information content (AvgIpc) is 2.61. The highest BCUT2D eigenvalue weighted by atomic mass is 32.2. The van der Waals surface area contributed by atoms with E-state index in [9.17, 15) is 4.79 Å². The van der Waals surface area contributed by atoms with Crippen molar-refractivity contribution in [3.05, 3.63) is 0 Å². The largest absolute Gasteiger partial charge is 0.378 e. The predicted molar refractivity (Wildman–Crippen MR) is 113 cm³/mol. The molecule has 9 heteroatoms. The lowest BCUT2D eigenvalue weighted by molar-refractivity contribution is -0.124. The minimum atomic E-state index is -0.439. The maximum atomic E-state index is 13.0. The van der Waals surface area contributed by atoms with Crippen LogP contribution in [0.5, 0.6) is 0 Å². The molecule has 2 rings (SSSR count). The molecule has 0 saturated carbocycles. The number of hydrogen-bond acceptors (Lipinski definition) is 7. The first-order valence-corrected chi connectivity index (χ1v) is 11.0. The van der Waals surface area contributed by atoms with Crippen molar-refractivity contribution in [2.24, 2.45) is 5.41 Å². The van der Waals surface area contributed by atoms with Crippen molar-refractivity contribution in [1.29, 1.82) is 0 Å². The van der Waals surface area contributed by atoms with Crippen molar-refractivity contribution in [2.75, 3.05) is 52.6 Å². The van der Waals surface area contributed by atoms with Crippen LogP contribution < -0.4 is 0 Å². The van der Waals surface area contributed by atoms with E-state index in [1.165, 1.54) is 23.5 Å². The first kappa shape index (κ1) is 21.4. The molecular formula is C16H26N2O3S4. The number of ether oxygens (including phenoxy) is 2. The monoisotopic (exact) mass is 422 g/mol. The second-order valence-corrected chi connectivity index (χ2v) is 10.7. The van der Waals surface area contributed by atoms with Crippen LogP contribution >= 0.6 is 48.0 Å². The Bertz CT molecular complexity index is 466. The van der Waals surface area contributed by atoms with Crippen LogP contribution in [0.2, 0.25) is 0 Å². The summed E-state index contributed by atoms with van der Waals surface area (Å²) >= 11 is 14.1. The summed E-state index contributed by atoms with van der Waals surface area (Å²) in [7, 11) is 0. The van der Waals surface area contributed by atoms with Crippen LogP contribution in [0.3, 0.4) is 0 Å². The van der Waals surface area contributed by atoms with Crippen LogP contribution in [0, 0.1) is 5.41 Å². The molecule has 142 valence electrons. The third kappa shape index (κ3) is 6.62. The summed E-state index contributed by atoms with van der Waals surface area (Å²) < 4.78 is 11.9. The number of Topliss-reactive ketones (excluding diaryl/α,β-unsaturated/α-hetero) is 1.